The highest BCUT2D eigenvalue weighted by Gasteiger charge is 2.20. The molecule has 0 saturated heterocycles. The van der Waals surface area contributed by atoms with Crippen LogP contribution in [0.4, 0.5) is 5.69 Å². The highest BCUT2D eigenvalue weighted by Crippen LogP contribution is 2.15. The van der Waals surface area contributed by atoms with Crippen molar-refractivity contribution in [2.75, 3.05) is 25.4 Å². The number of nitrogens with two attached hydrogens (primary N) is 1. The fraction of sp³-hybridized carbons (Fsp3) is 0.583. The summed E-state index contributed by atoms with van der Waals surface area (Å²) >= 11 is 0. The summed E-state index contributed by atoms with van der Waals surface area (Å²) in [5.41, 5.74) is 5.87. The fourth-order valence-electron chi connectivity index (χ4n) is 1.85. The van der Waals surface area contributed by atoms with Crippen molar-refractivity contribution >= 4 is 15.7 Å². The Morgan fingerprint density at radius 3 is 2.58 bits per heavy atom. The van der Waals surface area contributed by atoms with Crippen LogP contribution in [0.25, 0.3) is 0 Å². The summed E-state index contributed by atoms with van der Waals surface area (Å²) in [5.74, 6) is 0. The standard InChI is InChI=1S/C12H22N4O2S/c1-4-16(5-2)9-10(3)15-19(17,18)12-8-14-7-6-11(12)13/h6-8,10,15H,4-5,9H2,1-3H3,(H2,13,14). The maximum atomic E-state index is 12.2. The van der Waals surface area contributed by atoms with Crippen LogP contribution in [0.15, 0.2) is 23.4 Å². The Morgan fingerprint density at radius 1 is 1.42 bits per heavy atom. The average Bonchev–Trinajstić information content (AvgIpc) is 2.35. The summed E-state index contributed by atoms with van der Waals surface area (Å²) in [6, 6.07) is 1.29. The van der Waals surface area contributed by atoms with Gasteiger partial charge in [0.25, 0.3) is 0 Å². The number of rotatable bonds is 7. The van der Waals surface area contributed by atoms with Crippen molar-refractivity contribution in [1.82, 2.24) is 14.6 Å². The first-order valence-electron chi connectivity index (χ1n) is 6.34. The summed E-state index contributed by atoms with van der Waals surface area (Å²) in [6.45, 7) is 8.36. The molecule has 108 valence electrons. The molecule has 1 atom stereocenters. The summed E-state index contributed by atoms with van der Waals surface area (Å²) in [5, 5.41) is 0. The Balaban J connectivity index is 2.78. The van der Waals surface area contributed by atoms with Crippen LogP contribution >= 0.6 is 0 Å². The number of anilines is 1. The van der Waals surface area contributed by atoms with E-state index in [0.717, 1.165) is 13.1 Å². The number of nitrogen functional groups attached to an aromatic ring is 1. The van der Waals surface area contributed by atoms with E-state index in [1.54, 1.807) is 0 Å². The lowest BCUT2D eigenvalue weighted by Gasteiger charge is -2.23. The van der Waals surface area contributed by atoms with Crippen molar-refractivity contribution in [2.24, 2.45) is 0 Å². The molecule has 1 unspecified atom stereocenters. The Kier molecular flexibility index (Phi) is 5.71. The molecule has 0 fully saturated rings. The van der Waals surface area contributed by atoms with Gasteiger partial charge in [0.05, 0.1) is 5.69 Å². The number of aromatic nitrogens is 1. The van der Waals surface area contributed by atoms with Crippen molar-refractivity contribution in [2.45, 2.75) is 31.7 Å². The van der Waals surface area contributed by atoms with Crippen molar-refractivity contribution in [3.63, 3.8) is 0 Å². The van der Waals surface area contributed by atoms with Crippen molar-refractivity contribution < 1.29 is 8.42 Å². The van der Waals surface area contributed by atoms with Gasteiger partial charge in [0, 0.05) is 25.0 Å². The first-order valence-corrected chi connectivity index (χ1v) is 7.83. The van der Waals surface area contributed by atoms with Crippen molar-refractivity contribution in [3.8, 4) is 0 Å². The number of hydrogen-bond donors (Lipinski definition) is 2. The largest absolute Gasteiger partial charge is 0.398 e. The van der Waals surface area contributed by atoms with E-state index in [1.165, 1.54) is 18.5 Å². The Hall–Kier alpha value is -1.18. The molecule has 1 rings (SSSR count). The van der Waals surface area contributed by atoms with E-state index in [4.69, 9.17) is 5.73 Å². The Morgan fingerprint density at radius 2 is 2.05 bits per heavy atom. The molecule has 19 heavy (non-hydrogen) atoms. The van der Waals surface area contributed by atoms with Gasteiger partial charge in [-0.1, -0.05) is 13.8 Å². The highest BCUT2D eigenvalue weighted by atomic mass is 32.2. The van der Waals surface area contributed by atoms with E-state index >= 15 is 0 Å². The van der Waals surface area contributed by atoms with Crippen LogP contribution in [0.5, 0.6) is 0 Å². The molecule has 0 aromatic carbocycles. The summed E-state index contributed by atoms with van der Waals surface area (Å²) < 4.78 is 27.0. The molecular weight excluding hydrogens is 264 g/mol. The van der Waals surface area contributed by atoms with Crippen LogP contribution in [0.3, 0.4) is 0 Å². The Bertz CT molecular complexity index is 500. The lowest BCUT2D eigenvalue weighted by atomic mass is 10.3. The van der Waals surface area contributed by atoms with Crippen molar-refractivity contribution in [3.05, 3.63) is 18.5 Å². The second kappa shape index (κ2) is 6.83. The average molecular weight is 286 g/mol. The molecule has 1 aromatic heterocycles. The van der Waals surface area contributed by atoms with Crippen LogP contribution in [0.2, 0.25) is 0 Å². The molecule has 0 aliphatic carbocycles. The van der Waals surface area contributed by atoms with E-state index in [-0.39, 0.29) is 16.6 Å². The van der Waals surface area contributed by atoms with Crippen LogP contribution in [0.1, 0.15) is 20.8 Å². The van der Waals surface area contributed by atoms with Gasteiger partial charge in [0.15, 0.2) is 0 Å². The van der Waals surface area contributed by atoms with E-state index in [9.17, 15) is 8.42 Å². The predicted molar refractivity (Wildman–Crippen MR) is 76.2 cm³/mol. The van der Waals surface area contributed by atoms with Crippen molar-refractivity contribution in [1.29, 1.82) is 0 Å². The second-order valence-corrected chi connectivity index (χ2v) is 6.10. The van der Waals surface area contributed by atoms with Gasteiger partial charge < -0.3 is 10.6 Å². The third kappa shape index (κ3) is 4.45. The number of nitrogens with zero attached hydrogens (tertiary/aromatic N) is 2. The smallest absolute Gasteiger partial charge is 0.244 e. The minimum absolute atomic E-state index is 0.0291. The highest BCUT2D eigenvalue weighted by molar-refractivity contribution is 7.89. The molecule has 3 N–H and O–H groups in total. The van der Waals surface area contributed by atoms with E-state index < -0.39 is 10.0 Å². The summed E-state index contributed by atoms with van der Waals surface area (Å²) in [6.07, 6.45) is 2.73. The maximum absolute atomic E-state index is 12.2. The number of pyridine rings is 1. The molecule has 0 bridgehead atoms. The van der Waals surface area contributed by atoms with Gasteiger partial charge in [0.2, 0.25) is 10.0 Å². The molecule has 0 amide bonds. The molecule has 0 aliphatic heterocycles. The zero-order valence-corrected chi connectivity index (χ0v) is 12.4. The minimum atomic E-state index is -3.62. The molecule has 0 radical (unpaired) electrons. The van der Waals surface area contributed by atoms with Crippen LogP contribution < -0.4 is 10.5 Å². The van der Waals surface area contributed by atoms with Gasteiger partial charge in [0.1, 0.15) is 4.90 Å². The lowest BCUT2D eigenvalue weighted by Crippen LogP contribution is -2.42. The van der Waals surface area contributed by atoms with E-state index in [2.05, 4.69) is 14.6 Å². The molecule has 7 heteroatoms. The van der Waals surface area contributed by atoms with Gasteiger partial charge >= 0.3 is 0 Å². The summed E-state index contributed by atoms with van der Waals surface area (Å²) in [4.78, 5) is 5.98. The molecule has 0 saturated carbocycles. The van der Waals surface area contributed by atoms with Crippen LogP contribution in [-0.4, -0.2) is 44.0 Å². The molecule has 0 aliphatic rings. The van der Waals surface area contributed by atoms with E-state index in [1.807, 2.05) is 20.8 Å². The number of hydrogen-bond acceptors (Lipinski definition) is 5. The van der Waals surface area contributed by atoms with Gasteiger partial charge in [-0.05, 0) is 26.1 Å². The third-order valence-corrected chi connectivity index (χ3v) is 4.52. The predicted octanol–water partition coefficient (Wildman–Crippen LogP) is 0.672. The SMILES string of the molecule is CCN(CC)CC(C)NS(=O)(=O)c1cnccc1N. The monoisotopic (exact) mass is 286 g/mol. The zero-order valence-electron chi connectivity index (χ0n) is 11.6. The minimum Gasteiger partial charge on any atom is -0.398 e. The third-order valence-electron chi connectivity index (χ3n) is 2.89. The van der Waals surface area contributed by atoms with Crippen LogP contribution in [0, 0.1) is 0 Å². The van der Waals surface area contributed by atoms with Gasteiger partial charge in [-0.25, -0.2) is 13.1 Å². The fourth-order valence-corrected chi connectivity index (χ4v) is 3.16. The normalized spacial score (nSPS) is 13.7. The topological polar surface area (TPSA) is 88.3 Å². The molecule has 0 spiro atoms. The maximum Gasteiger partial charge on any atom is 0.244 e. The zero-order chi connectivity index (χ0) is 14.5. The number of sulfonamides is 1. The molecular formula is C12H22N4O2S. The number of nitrogens with one attached hydrogen (secondary N) is 1. The van der Waals surface area contributed by atoms with E-state index in [0.29, 0.717) is 6.54 Å². The van der Waals surface area contributed by atoms with Gasteiger partial charge in [-0.3, -0.25) is 4.98 Å². The first-order chi connectivity index (χ1) is 8.90. The second-order valence-electron chi connectivity index (χ2n) is 4.42. The Labute approximate surface area is 115 Å². The first kappa shape index (κ1) is 15.9. The summed E-state index contributed by atoms with van der Waals surface area (Å²) in [7, 11) is -3.62. The van der Waals surface area contributed by atoms with Crippen LogP contribution in [-0.2, 0) is 10.0 Å². The quantitative estimate of drug-likeness (QED) is 0.769. The lowest BCUT2D eigenvalue weighted by molar-refractivity contribution is 0.282. The number of likely N-dealkylation sites (N-methyl/N-ethyl adjacent to an activating group) is 1. The van der Waals surface area contributed by atoms with Gasteiger partial charge in [-0.2, -0.15) is 0 Å². The van der Waals surface area contributed by atoms with Gasteiger partial charge in [-0.15, -0.1) is 0 Å². The molecule has 1 aromatic rings. The molecule has 1 heterocycles. The molecule has 6 nitrogen and oxygen atoms in total.